The first-order valence-corrected chi connectivity index (χ1v) is 6.10. The summed E-state index contributed by atoms with van der Waals surface area (Å²) in [5.74, 6) is 0. The monoisotopic (exact) mass is 242 g/mol. The minimum Gasteiger partial charge on any atom is -0.387 e. The maximum atomic E-state index is 10.0. The summed E-state index contributed by atoms with van der Waals surface area (Å²) in [5, 5.41) is 13.2. The fourth-order valence-electron chi connectivity index (χ4n) is 1.76. The molecule has 0 saturated heterocycles. The molecule has 2 N–H and O–H groups in total. The first-order chi connectivity index (χ1) is 8.75. The number of benzene rings is 1. The van der Waals surface area contributed by atoms with Crippen LogP contribution in [0.2, 0.25) is 0 Å². The number of rotatable bonds is 5. The molecule has 3 heteroatoms. The van der Waals surface area contributed by atoms with Gasteiger partial charge in [0.25, 0.3) is 0 Å². The average molecular weight is 242 g/mol. The molecule has 94 valence electrons. The molecule has 2 rings (SSSR count). The fraction of sp³-hybridized carbons (Fsp3) is 0.267. The van der Waals surface area contributed by atoms with Crippen molar-refractivity contribution in [2.75, 3.05) is 6.54 Å². The van der Waals surface area contributed by atoms with Gasteiger partial charge < -0.3 is 10.4 Å². The van der Waals surface area contributed by atoms with Gasteiger partial charge in [-0.3, -0.25) is 4.98 Å². The lowest BCUT2D eigenvalue weighted by atomic mass is 10.1. The Kier molecular flexibility index (Phi) is 4.45. The average Bonchev–Trinajstić information content (AvgIpc) is 2.40. The van der Waals surface area contributed by atoms with E-state index >= 15 is 0 Å². The van der Waals surface area contributed by atoms with Gasteiger partial charge in [-0.25, -0.2) is 0 Å². The molecule has 0 aliphatic heterocycles. The van der Waals surface area contributed by atoms with Crippen LogP contribution in [0.5, 0.6) is 0 Å². The second kappa shape index (κ2) is 6.28. The quantitative estimate of drug-likeness (QED) is 0.845. The van der Waals surface area contributed by atoms with E-state index in [9.17, 15) is 5.11 Å². The van der Waals surface area contributed by atoms with Crippen LogP contribution >= 0.6 is 0 Å². The number of nitrogens with zero attached hydrogens (tertiary/aromatic N) is 1. The molecule has 0 spiro atoms. The molecule has 1 heterocycles. The van der Waals surface area contributed by atoms with Gasteiger partial charge in [0.1, 0.15) is 0 Å². The third-order valence-corrected chi connectivity index (χ3v) is 2.85. The lowest BCUT2D eigenvalue weighted by molar-refractivity contribution is 0.174. The SMILES string of the molecule is Cc1ccc(C(O)CNCc2cccnc2)cc1. The van der Waals surface area contributed by atoms with Gasteiger partial charge in [-0.2, -0.15) is 0 Å². The van der Waals surface area contributed by atoms with Crippen LogP contribution in [0, 0.1) is 6.92 Å². The van der Waals surface area contributed by atoms with Crippen LogP contribution in [0.25, 0.3) is 0 Å². The predicted octanol–water partition coefficient (Wildman–Crippen LogP) is 2.21. The van der Waals surface area contributed by atoms with E-state index in [-0.39, 0.29) is 0 Å². The van der Waals surface area contributed by atoms with Crippen molar-refractivity contribution in [3.63, 3.8) is 0 Å². The summed E-state index contributed by atoms with van der Waals surface area (Å²) in [6.07, 6.45) is 3.11. The fourth-order valence-corrected chi connectivity index (χ4v) is 1.76. The standard InChI is InChI=1S/C15H18N2O/c1-12-4-6-14(7-5-12)15(18)11-17-10-13-3-2-8-16-9-13/h2-9,15,17-18H,10-11H2,1H3. The Hall–Kier alpha value is -1.71. The van der Waals surface area contributed by atoms with E-state index < -0.39 is 6.10 Å². The highest BCUT2D eigenvalue weighted by Crippen LogP contribution is 2.12. The molecule has 0 saturated carbocycles. The van der Waals surface area contributed by atoms with Gasteiger partial charge in [0.05, 0.1) is 6.10 Å². The van der Waals surface area contributed by atoms with E-state index in [4.69, 9.17) is 0 Å². The highest BCUT2D eigenvalue weighted by Gasteiger charge is 2.06. The van der Waals surface area contributed by atoms with Crippen LogP contribution in [0.1, 0.15) is 22.8 Å². The van der Waals surface area contributed by atoms with Crippen molar-refractivity contribution in [3.05, 3.63) is 65.5 Å². The Labute approximate surface area is 108 Å². The number of aliphatic hydroxyl groups excluding tert-OH is 1. The number of nitrogens with one attached hydrogen (secondary N) is 1. The molecule has 1 aromatic carbocycles. The second-order valence-electron chi connectivity index (χ2n) is 4.42. The van der Waals surface area contributed by atoms with Crippen LogP contribution in [-0.4, -0.2) is 16.6 Å². The summed E-state index contributed by atoms with van der Waals surface area (Å²) in [6, 6.07) is 11.9. The highest BCUT2D eigenvalue weighted by molar-refractivity contribution is 5.23. The molecule has 0 fully saturated rings. The molecule has 0 aliphatic rings. The molecule has 3 nitrogen and oxygen atoms in total. The number of pyridine rings is 1. The topological polar surface area (TPSA) is 45.1 Å². The lowest BCUT2D eigenvalue weighted by Crippen LogP contribution is -2.21. The van der Waals surface area contributed by atoms with E-state index in [0.29, 0.717) is 6.54 Å². The molecule has 18 heavy (non-hydrogen) atoms. The van der Waals surface area contributed by atoms with Crippen LogP contribution in [0.3, 0.4) is 0 Å². The molecular formula is C15H18N2O. The van der Waals surface area contributed by atoms with Crippen molar-refractivity contribution in [1.82, 2.24) is 10.3 Å². The van der Waals surface area contributed by atoms with Crippen molar-refractivity contribution in [2.24, 2.45) is 0 Å². The first kappa shape index (κ1) is 12.7. The van der Waals surface area contributed by atoms with E-state index in [1.165, 1.54) is 5.56 Å². The van der Waals surface area contributed by atoms with Crippen LogP contribution in [0.15, 0.2) is 48.8 Å². The second-order valence-corrected chi connectivity index (χ2v) is 4.42. The Morgan fingerprint density at radius 2 is 2.00 bits per heavy atom. The number of aryl methyl sites for hydroxylation is 1. The maximum Gasteiger partial charge on any atom is 0.0914 e. The van der Waals surface area contributed by atoms with Crippen molar-refractivity contribution in [3.8, 4) is 0 Å². The minimum absolute atomic E-state index is 0.470. The number of hydrogen-bond acceptors (Lipinski definition) is 3. The van der Waals surface area contributed by atoms with E-state index in [1.54, 1.807) is 6.20 Å². The van der Waals surface area contributed by atoms with Crippen molar-refractivity contribution < 1.29 is 5.11 Å². The zero-order chi connectivity index (χ0) is 12.8. The van der Waals surface area contributed by atoms with Crippen LogP contribution < -0.4 is 5.32 Å². The molecule has 1 aromatic heterocycles. The minimum atomic E-state index is -0.470. The van der Waals surface area contributed by atoms with Crippen molar-refractivity contribution in [2.45, 2.75) is 19.6 Å². The summed E-state index contributed by atoms with van der Waals surface area (Å²) >= 11 is 0. The van der Waals surface area contributed by atoms with Gasteiger partial charge in [-0.05, 0) is 24.1 Å². The summed E-state index contributed by atoms with van der Waals surface area (Å²) in [7, 11) is 0. The molecule has 0 aliphatic carbocycles. The number of hydrogen-bond donors (Lipinski definition) is 2. The predicted molar refractivity (Wildman–Crippen MR) is 72.1 cm³/mol. The molecule has 0 radical (unpaired) electrons. The van der Waals surface area contributed by atoms with Crippen LogP contribution in [0.4, 0.5) is 0 Å². The largest absolute Gasteiger partial charge is 0.387 e. The molecule has 1 unspecified atom stereocenters. The molecular weight excluding hydrogens is 224 g/mol. The summed E-state index contributed by atoms with van der Waals surface area (Å²) in [6.45, 7) is 3.30. The third kappa shape index (κ3) is 3.65. The summed E-state index contributed by atoms with van der Waals surface area (Å²) in [4.78, 5) is 4.05. The van der Waals surface area contributed by atoms with Crippen molar-refractivity contribution >= 4 is 0 Å². The van der Waals surface area contributed by atoms with E-state index in [2.05, 4.69) is 10.3 Å². The smallest absolute Gasteiger partial charge is 0.0914 e. The molecule has 0 bridgehead atoms. The number of aliphatic hydroxyl groups is 1. The Morgan fingerprint density at radius 3 is 2.67 bits per heavy atom. The van der Waals surface area contributed by atoms with Gasteiger partial charge in [0.2, 0.25) is 0 Å². The Bertz CT molecular complexity index is 468. The van der Waals surface area contributed by atoms with Crippen LogP contribution in [-0.2, 0) is 6.54 Å². The normalized spacial score (nSPS) is 12.3. The van der Waals surface area contributed by atoms with Gasteiger partial charge in [-0.1, -0.05) is 35.9 Å². The lowest BCUT2D eigenvalue weighted by Gasteiger charge is -2.12. The summed E-state index contributed by atoms with van der Waals surface area (Å²) in [5.41, 5.74) is 3.27. The highest BCUT2D eigenvalue weighted by atomic mass is 16.3. The Balaban J connectivity index is 1.81. The molecule has 1 atom stereocenters. The first-order valence-electron chi connectivity index (χ1n) is 6.10. The van der Waals surface area contributed by atoms with E-state index in [0.717, 1.165) is 17.7 Å². The maximum absolute atomic E-state index is 10.0. The van der Waals surface area contributed by atoms with Gasteiger partial charge in [-0.15, -0.1) is 0 Å². The third-order valence-electron chi connectivity index (χ3n) is 2.85. The van der Waals surface area contributed by atoms with E-state index in [1.807, 2.05) is 49.5 Å². The zero-order valence-electron chi connectivity index (χ0n) is 10.5. The number of aromatic nitrogens is 1. The summed E-state index contributed by atoms with van der Waals surface area (Å²) < 4.78 is 0. The Morgan fingerprint density at radius 1 is 1.22 bits per heavy atom. The van der Waals surface area contributed by atoms with Gasteiger partial charge in [0, 0.05) is 25.5 Å². The van der Waals surface area contributed by atoms with Crippen molar-refractivity contribution in [1.29, 1.82) is 0 Å². The van der Waals surface area contributed by atoms with Gasteiger partial charge in [0.15, 0.2) is 0 Å². The zero-order valence-corrected chi connectivity index (χ0v) is 10.5. The molecule has 2 aromatic rings. The van der Waals surface area contributed by atoms with Gasteiger partial charge >= 0.3 is 0 Å². The molecule has 0 amide bonds.